The summed E-state index contributed by atoms with van der Waals surface area (Å²) >= 11 is 0. The van der Waals surface area contributed by atoms with Crippen LogP contribution in [0, 0.1) is 0 Å². The molecule has 0 atom stereocenters. The predicted molar refractivity (Wildman–Crippen MR) is 73.6 cm³/mol. The van der Waals surface area contributed by atoms with E-state index in [4.69, 9.17) is 15.3 Å². The summed E-state index contributed by atoms with van der Waals surface area (Å²) in [5.41, 5.74) is -3.30. The second-order valence-corrected chi connectivity index (χ2v) is 4.32. The molecule has 0 aliphatic carbocycles. The maximum atomic E-state index is 11.2. The smallest absolute Gasteiger partial charge is 0.346 e. The van der Waals surface area contributed by atoms with Crippen LogP contribution in [-0.4, -0.2) is 34.6 Å². The van der Waals surface area contributed by atoms with Crippen LogP contribution in [0.25, 0.3) is 21.5 Å². The van der Waals surface area contributed by atoms with Gasteiger partial charge in [0.25, 0.3) is 0 Å². The number of hydrogen-bond acceptors (Lipinski definition) is 9. The number of rotatable bonds is 2. The summed E-state index contributed by atoms with van der Waals surface area (Å²) in [6.07, 6.45) is -0.954. The molecule has 0 aliphatic rings. The Hall–Kier alpha value is -2.62. The van der Waals surface area contributed by atoms with Crippen molar-refractivity contribution in [3.63, 3.8) is 0 Å². The van der Waals surface area contributed by atoms with Crippen LogP contribution in [0.3, 0.4) is 0 Å². The van der Waals surface area contributed by atoms with Crippen LogP contribution in [0.2, 0.25) is 0 Å². The average Bonchev–Trinajstić information content (AvgIpc) is 2.95. The number of furan rings is 2. The molecule has 0 amide bonds. The zero-order valence-corrected chi connectivity index (χ0v) is 10.9. The van der Waals surface area contributed by atoms with Crippen LogP contribution in [0.4, 0.5) is 0 Å². The summed E-state index contributed by atoms with van der Waals surface area (Å²) in [5.74, 6) is 0. The molecule has 9 heteroatoms. The molecule has 116 valence electrons. The monoisotopic (exact) mass is 310 g/mol. The second-order valence-electron chi connectivity index (χ2n) is 4.32. The summed E-state index contributed by atoms with van der Waals surface area (Å²) in [7, 11) is 0. The first kappa shape index (κ1) is 15.8. The van der Waals surface area contributed by atoms with Gasteiger partial charge in [0.05, 0.1) is 34.8 Å². The predicted octanol–water partition coefficient (Wildman–Crippen LogP) is -2.17. The van der Waals surface area contributed by atoms with Gasteiger partial charge in [-0.3, -0.25) is 0 Å². The minimum atomic E-state index is -0.954. The Morgan fingerprint density at radius 2 is 1.00 bits per heavy atom. The van der Waals surface area contributed by atoms with E-state index in [1.165, 1.54) is 0 Å². The summed E-state index contributed by atoms with van der Waals surface area (Å²) in [6, 6.07) is 2.29. The molecule has 1 aromatic carbocycles. The molecule has 2 aromatic heterocycles. The van der Waals surface area contributed by atoms with Gasteiger partial charge in [0.1, 0.15) is 6.10 Å². The van der Waals surface area contributed by atoms with Crippen LogP contribution in [0.5, 0.6) is 0 Å². The number of hydrogen-bond donors (Lipinski definition) is 3. The molecule has 9 nitrogen and oxygen atoms in total. The molecule has 3 rings (SSSR count). The van der Waals surface area contributed by atoms with Crippen molar-refractivity contribution in [2.45, 2.75) is 6.10 Å². The highest BCUT2D eigenvalue weighted by Crippen LogP contribution is 2.13. The normalized spacial score (nSPS) is 11.1. The van der Waals surface area contributed by atoms with Gasteiger partial charge in [-0.1, -0.05) is 0 Å². The van der Waals surface area contributed by atoms with Crippen molar-refractivity contribution in [3.05, 3.63) is 53.8 Å². The molecule has 0 aliphatic heterocycles. The van der Waals surface area contributed by atoms with E-state index in [0.29, 0.717) is 0 Å². The Morgan fingerprint density at radius 3 is 1.18 bits per heavy atom. The van der Waals surface area contributed by atoms with E-state index in [9.17, 15) is 19.2 Å². The Labute approximate surface area is 120 Å². The topological polar surface area (TPSA) is 155 Å². The highest BCUT2D eigenvalue weighted by molar-refractivity contribution is 5.96. The molecule has 0 saturated heterocycles. The Kier molecular flexibility index (Phi) is 4.31. The van der Waals surface area contributed by atoms with Crippen LogP contribution >= 0.6 is 0 Å². The quantitative estimate of drug-likeness (QED) is 0.479. The summed E-state index contributed by atoms with van der Waals surface area (Å²) in [5, 5.41) is 23.9. The molecule has 0 saturated carbocycles. The zero-order chi connectivity index (χ0) is 16.4. The van der Waals surface area contributed by atoms with Crippen LogP contribution < -0.4 is 22.5 Å². The number of fused-ring (bicyclic) bond motifs is 2. The average molecular weight is 310 g/mol. The minimum absolute atomic E-state index is 0.0181. The Bertz CT molecular complexity index is 850. The van der Waals surface area contributed by atoms with E-state index in [1.807, 2.05) is 0 Å². The van der Waals surface area contributed by atoms with Gasteiger partial charge in [-0.05, 0) is 12.1 Å². The lowest BCUT2D eigenvalue weighted by molar-refractivity contribution is 0.0450. The van der Waals surface area contributed by atoms with E-state index in [1.54, 1.807) is 0 Å². The third-order valence-corrected chi connectivity index (χ3v) is 2.83. The van der Waals surface area contributed by atoms with E-state index in [2.05, 4.69) is 8.83 Å². The maximum Gasteiger partial charge on any atom is 0.346 e. The fourth-order valence-electron chi connectivity index (χ4n) is 1.72. The highest BCUT2D eigenvalue weighted by Gasteiger charge is 2.15. The third kappa shape index (κ3) is 2.72. The van der Waals surface area contributed by atoms with Crippen LogP contribution in [-0.2, 0) is 0 Å². The molecular weight excluding hydrogens is 300 g/mol. The molecule has 0 fully saturated rings. The lowest BCUT2D eigenvalue weighted by atomic mass is 10.1. The molecule has 2 heterocycles. The summed E-state index contributed by atoms with van der Waals surface area (Å²) in [4.78, 5) is 44.7. The van der Waals surface area contributed by atoms with Crippen molar-refractivity contribution in [2.24, 2.45) is 0 Å². The van der Waals surface area contributed by atoms with Crippen molar-refractivity contribution < 1.29 is 24.2 Å². The van der Waals surface area contributed by atoms with Gasteiger partial charge in [-0.2, -0.15) is 0 Å². The third-order valence-electron chi connectivity index (χ3n) is 2.83. The van der Waals surface area contributed by atoms with Crippen molar-refractivity contribution in [3.8, 4) is 0 Å². The molecule has 0 unspecified atom stereocenters. The highest BCUT2D eigenvalue weighted by atomic mass is 16.4. The first-order chi connectivity index (χ1) is 10.4. The summed E-state index contributed by atoms with van der Waals surface area (Å²) in [6.45, 7) is -0.729. The molecule has 3 aromatic rings. The van der Waals surface area contributed by atoms with Gasteiger partial charge >= 0.3 is 22.5 Å². The van der Waals surface area contributed by atoms with E-state index < -0.39 is 28.6 Å². The Balaban J connectivity index is 0.000000254. The fraction of sp³-hybridized carbons (Fsp3) is 0.231. The standard InChI is InChI=1S/C10H2O6.C3H8O3/c11-7-3-1-4-6(10(14)16-8(4)12)2-5(3)9(13)15-7;4-1-3(6)2-5/h1-2H;3-6H,1-2H2. The van der Waals surface area contributed by atoms with Crippen LogP contribution in [0.1, 0.15) is 0 Å². The Morgan fingerprint density at radius 1 is 0.727 bits per heavy atom. The first-order valence-corrected chi connectivity index (χ1v) is 5.99. The molecule has 0 bridgehead atoms. The largest absolute Gasteiger partial charge is 0.394 e. The van der Waals surface area contributed by atoms with Gasteiger partial charge in [0, 0.05) is 0 Å². The van der Waals surface area contributed by atoms with Crippen molar-refractivity contribution in [2.75, 3.05) is 13.2 Å². The lowest BCUT2D eigenvalue weighted by Gasteiger charge is -1.96. The molecular formula is C13H10O9. The van der Waals surface area contributed by atoms with Gasteiger partial charge in [-0.15, -0.1) is 0 Å². The second kappa shape index (κ2) is 6.02. The van der Waals surface area contributed by atoms with E-state index >= 15 is 0 Å². The zero-order valence-electron chi connectivity index (χ0n) is 10.9. The first-order valence-electron chi connectivity index (χ1n) is 5.99. The van der Waals surface area contributed by atoms with Crippen LogP contribution in [0.15, 0.2) is 40.1 Å². The van der Waals surface area contributed by atoms with Gasteiger partial charge < -0.3 is 24.2 Å². The van der Waals surface area contributed by atoms with Gasteiger partial charge in [-0.25, -0.2) is 19.2 Å². The molecule has 22 heavy (non-hydrogen) atoms. The number of aliphatic hydroxyl groups is 3. The van der Waals surface area contributed by atoms with Gasteiger partial charge in [0.2, 0.25) is 0 Å². The van der Waals surface area contributed by atoms with Crippen molar-refractivity contribution in [1.29, 1.82) is 0 Å². The van der Waals surface area contributed by atoms with Crippen molar-refractivity contribution in [1.82, 2.24) is 0 Å². The number of benzene rings is 1. The van der Waals surface area contributed by atoms with Gasteiger partial charge in [0.15, 0.2) is 0 Å². The maximum absolute atomic E-state index is 11.2. The van der Waals surface area contributed by atoms with E-state index in [-0.39, 0.29) is 34.8 Å². The molecule has 0 spiro atoms. The number of aliphatic hydroxyl groups excluding tert-OH is 3. The summed E-state index contributed by atoms with van der Waals surface area (Å²) < 4.78 is 8.68. The van der Waals surface area contributed by atoms with E-state index in [0.717, 1.165) is 12.1 Å². The minimum Gasteiger partial charge on any atom is -0.394 e. The molecule has 3 N–H and O–H groups in total. The lowest BCUT2D eigenvalue weighted by Crippen LogP contribution is -2.15. The van der Waals surface area contributed by atoms with Crippen molar-refractivity contribution >= 4 is 21.5 Å². The molecule has 0 radical (unpaired) electrons. The SMILES string of the molecule is O=c1oc(=O)c2cc3c(=O)oc(=O)c3cc12.OCC(O)CO. The fourth-order valence-corrected chi connectivity index (χ4v) is 1.72.